The van der Waals surface area contributed by atoms with Crippen molar-refractivity contribution in [3.8, 4) is 5.69 Å². The zero-order valence-corrected chi connectivity index (χ0v) is 14.7. The minimum absolute atomic E-state index is 0.242. The van der Waals surface area contributed by atoms with Crippen LogP contribution in [0.25, 0.3) is 5.69 Å². The quantitative estimate of drug-likeness (QED) is 0.831. The lowest BCUT2D eigenvalue weighted by Crippen LogP contribution is -2.41. The molecule has 138 valence electrons. The van der Waals surface area contributed by atoms with E-state index in [-0.39, 0.29) is 11.5 Å². The van der Waals surface area contributed by atoms with E-state index in [1.165, 1.54) is 12.1 Å². The van der Waals surface area contributed by atoms with Gasteiger partial charge in [-0.1, -0.05) is 19.4 Å². The standard InChI is InChI=1S/C19H22FN3O3/c1-2-6-15(19(25)26)21-18(24)17-14-9-3-4-10-16(14)23(22-17)13-8-5-7-12(20)11-13/h5,7-8,11,15H,2-4,6,9-10H2,1H3,(H,21,24)(H,25,26). The van der Waals surface area contributed by atoms with Crippen LogP contribution in [-0.4, -0.2) is 32.8 Å². The highest BCUT2D eigenvalue weighted by atomic mass is 19.1. The molecule has 3 rings (SSSR count). The van der Waals surface area contributed by atoms with Gasteiger partial charge in [-0.2, -0.15) is 5.10 Å². The Labute approximate surface area is 151 Å². The largest absolute Gasteiger partial charge is 0.480 e. The first-order chi connectivity index (χ1) is 12.5. The number of nitrogens with zero attached hydrogens (tertiary/aromatic N) is 2. The summed E-state index contributed by atoms with van der Waals surface area (Å²) in [6, 6.07) is 5.13. The van der Waals surface area contributed by atoms with E-state index in [0.29, 0.717) is 24.9 Å². The Bertz CT molecular complexity index is 831. The van der Waals surface area contributed by atoms with Crippen LogP contribution < -0.4 is 5.32 Å². The lowest BCUT2D eigenvalue weighted by atomic mass is 9.95. The second-order valence-corrected chi connectivity index (χ2v) is 6.53. The fourth-order valence-corrected chi connectivity index (χ4v) is 3.38. The van der Waals surface area contributed by atoms with Crippen LogP contribution in [0.4, 0.5) is 4.39 Å². The molecule has 0 saturated heterocycles. The highest BCUT2D eigenvalue weighted by molar-refractivity contribution is 5.96. The van der Waals surface area contributed by atoms with E-state index in [9.17, 15) is 19.1 Å². The molecule has 0 radical (unpaired) electrons. The maximum atomic E-state index is 13.6. The van der Waals surface area contributed by atoms with Gasteiger partial charge in [0.2, 0.25) is 0 Å². The number of carbonyl (C=O) groups excluding carboxylic acids is 1. The molecular weight excluding hydrogens is 337 g/mol. The number of amides is 1. The number of carbonyl (C=O) groups is 2. The van der Waals surface area contributed by atoms with E-state index < -0.39 is 17.9 Å². The van der Waals surface area contributed by atoms with E-state index >= 15 is 0 Å². The molecule has 1 aliphatic rings. The molecule has 0 spiro atoms. The predicted molar refractivity (Wildman–Crippen MR) is 94.0 cm³/mol. The molecule has 1 amide bonds. The van der Waals surface area contributed by atoms with Gasteiger partial charge in [0.15, 0.2) is 5.69 Å². The fraction of sp³-hybridized carbons (Fsp3) is 0.421. The van der Waals surface area contributed by atoms with Crippen LogP contribution >= 0.6 is 0 Å². The van der Waals surface area contributed by atoms with E-state index in [4.69, 9.17) is 0 Å². The third-order valence-electron chi connectivity index (χ3n) is 4.63. The summed E-state index contributed by atoms with van der Waals surface area (Å²) < 4.78 is 15.2. The molecule has 1 heterocycles. The van der Waals surface area contributed by atoms with E-state index in [1.54, 1.807) is 16.8 Å². The van der Waals surface area contributed by atoms with E-state index in [0.717, 1.165) is 30.5 Å². The van der Waals surface area contributed by atoms with Crippen LogP contribution in [0.2, 0.25) is 0 Å². The highest BCUT2D eigenvalue weighted by Gasteiger charge is 2.28. The zero-order valence-electron chi connectivity index (χ0n) is 14.7. The Kier molecular flexibility index (Phi) is 5.35. The van der Waals surface area contributed by atoms with Crippen molar-refractivity contribution in [3.63, 3.8) is 0 Å². The molecule has 0 saturated carbocycles. The molecule has 1 unspecified atom stereocenters. The number of nitrogens with one attached hydrogen (secondary N) is 1. The Morgan fingerprint density at radius 2 is 2.12 bits per heavy atom. The minimum atomic E-state index is -1.06. The van der Waals surface area contributed by atoms with Crippen molar-refractivity contribution in [2.75, 3.05) is 0 Å². The number of aromatic nitrogens is 2. The number of carboxylic acid groups (broad SMARTS) is 1. The number of hydrogen-bond acceptors (Lipinski definition) is 3. The topological polar surface area (TPSA) is 84.2 Å². The monoisotopic (exact) mass is 359 g/mol. The lowest BCUT2D eigenvalue weighted by Gasteiger charge is -2.15. The van der Waals surface area contributed by atoms with Crippen LogP contribution in [0, 0.1) is 5.82 Å². The molecule has 1 atom stereocenters. The highest BCUT2D eigenvalue weighted by Crippen LogP contribution is 2.27. The number of aliphatic carboxylic acids is 1. The van der Waals surface area contributed by atoms with Gasteiger partial charge < -0.3 is 10.4 Å². The smallest absolute Gasteiger partial charge is 0.326 e. The van der Waals surface area contributed by atoms with Crippen molar-refractivity contribution in [2.45, 2.75) is 51.5 Å². The first-order valence-electron chi connectivity index (χ1n) is 8.91. The predicted octanol–water partition coefficient (Wildman–Crippen LogP) is 2.87. The number of halogens is 1. The minimum Gasteiger partial charge on any atom is -0.480 e. The molecular formula is C19H22FN3O3. The molecule has 0 bridgehead atoms. The van der Waals surface area contributed by atoms with Crippen LogP contribution in [-0.2, 0) is 17.6 Å². The average Bonchev–Trinajstić information content (AvgIpc) is 3.01. The Balaban J connectivity index is 1.97. The molecule has 1 aliphatic carbocycles. The maximum Gasteiger partial charge on any atom is 0.326 e. The van der Waals surface area contributed by atoms with Crippen molar-refractivity contribution in [2.24, 2.45) is 0 Å². The molecule has 6 nitrogen and oxygen atoms in total. The van der Waals surface area contributed by atoms with Crippen molar-refractivity contribution in [1.29, 1.82) is 0 Å². The Morgan fingerprint density at radius 3 is 2.81 bits per heavy atom. The number of fused-ring (bicyclic) bond motifs is 1. The third-order valence-corrected chi connectivity index (χ3v) is 4.63. The van der Waals surface area contributed by atoms with Crippen LogP contribution in [0.5, 0.6) is 0 Å². The first kappa shape index (κ1) is 18.1. The van der Waals surface area contributed by atoms with Gasteiger partial charge >= 0.3 is 5.97 Å². The summed E-state index contributed by atoms with van der Waals surface area (Å²) in [5.41, 5.74) is 2.53. The second-order valence-electron chi connectivity index (χ2n) is 6.53. The molecule has 0 fully saturated rings. The molecule has 1 aromatic carbocycles. The van der Waals surface area contributed by atoms with Crippen molar-refractivity contribution >= 4 is 11.9 Å². The van der Waals surface area contributed by atoms with Gasteiger partial charge in [0, 0.05) is 11.3 Å². The normalized spacial score (nSPS) is 14.5. The van der Waals surface area contributed by atoms with E-state index in [1.807, 2.05) is 6.92 Å². The molecule has 0 aliphatic heterocycles. The summed E-state index contributed by atoms with van der Waals surface area (Å²) in [5, 5.41) is 16.3. The Morgan fingerprint density at radius 1 is 1.35 bits per heavy atom. The maximum absolute atomic E-state index is 13.6. The first-order valence-corrected chi connectivity index (χ1v) is 8.91. The van der Waals surface area contributed by atoms with Gasteiger partial charge in [0.25, 0.3) is 5.91 Å². The summed E-state index contributed by atoms with van der Waals surface area (Å²) >= 11 is 0. The fourth-order valence-electron chi connectivity index (χ4n) is 3.38. The summed E-state index contributed by atoms with van der Waals surface area (Å²) in [6.45, 7) is 1.86. The third kappa shape index (κ3) is 3.61. The van der Waals surface area contributed by atoms with E-state index in [2.05, 4.69) is 10.4 Å². The number of rotatable bonds is 6. The number of carboxylic acids is 1. The van der Waals surface area contributed by atoms with Crippen LogP contribution in [0.3, 0.4) is 0 Å². The number of benzene rings is 1. The van der Waals surface area contributed by atoms with Gasteiger partial charge in [-0.05, 0) is 50.3 Å². The molecule has 2 N–H and O–H groups in total. The van der Waals surface area contributed by atoms with Gasteiger partial charge in [-0.25, -0.2) is 13.9 Å². The van der Waals surface area contributed by atoms with Gasteiger partial charge in [0.1, 0.15) is 11.9 Å². The molecule has 26 heavy (non-hydrogen) atoms. The SMILES string of the molecule is CCCC(NC(=O)c1nn(-c2cccc(F)c2)c2c1CCCC2)C(=O)O. The molecule has 1 aromatic heterocycles. The second kappa shape index (κ2) is 7.68. The summed E-state index contributed by atoms with van der Waals surface area (Å²) in [5.74, 6) is -1.92. The molecule has 2 aromatic rings. The summed E-state index contributed by atoms with van der Waals surface area (Å²) in [4.78, 5) is 24.0. The lowest BCUT2D eigenvalue weighted by molar-refractivity contribution is -0.139. The average molecular weight is 359 g/mol. The number of hydrogen-bond donors (Lipinski definition) is 2. The van der Waals surface area contributed by atoms with Crippen molar-refractivity contribution in [3.05, 3.63) is 47.0 Å². The zero-order chi connectivity index (χ0) is 18.7. The van der Waals surface area contributed by atoms with Crippen molar-refractivity contribution < 1.29 is 19.1 Å². The van der Waals surface area contributed by atoms with Crippen LogP contribution in [0.1, 0.15) is 54.4 Å². The molecule has 7 heteroatoms. The van der Waals surface area contributed by atoms with Gasteiger partial charge in [-0.3, -0.25) is 4.79 Å². The van der Waals surface area contributed by atoms with Gasteiger partial charge in [-0.15, -0.1) is 0 Å². The summed E-state index contributed by atoms with van der Waals surface area (Å²) in [6.07, 6.45) is 4.38. The van der Waals surface area contributed by atoms with Crippen LogP contribution in [0.15, 0.2) is 24.3 Å². The van der Waals surface area contributed by atoms with Crippen molar-refractivity contribution in [1.82, 2.24) is 15.1 Å². The Hall–Kier alpha value is -2.70. The summed E-state index contributed by atoms with van der Waals surface area (Å²) in [7, 11) is 0. The van der Waals surface area contributed by atoms with Gasteiger partial charge in [0.05, 0.1) is 5.69 Å².